The number of methoxy groups -OCH3 is 1. The summed E-state index contributed by atoms with van der Waals surface area (Å²) in [5.41, 5.74) is 1.10. The van der Waals surface area contributed by atoms with Crippen LogP contribution in [0.5, 0.6) is 5.75 Å². The van der Waals surface area contributed by atoms with E-state index in [1.807, 2.05) is 13.8 Å². The first-order valence-corrected chi connectivity index (χ1v) is 12.6. The molecule has 0 saturated carbocycles. The molecule has 1 aromatic heterocycles. The van der Waals surface area contributed by atoms with Gasteiger partial charge < -0.3 is 20.3 Å². The fourth-order valence-corrected chi connectivity index (χ4v) is 4.09. The standard InChI is InChI=1S/C25H36N4O4S/c1-5-6-7-8-13-26-22(30)14-20-17-34-25(27-20)28-23(31)16-29(15-18(2)3)24(32)19-9-11-21(33-4)12-10-19/h9-12,17-18H,5-8,13-16H2,1-4H3,(H,26,30)(H,27,28,31). The van der Waals surface area contributed by atoms with Gasteiger partial charge in [0.2, 0.25) is 11.8 Å². The summed E-state index contributed by atoms with van der Waals surface area (Å²) < 4.78 is 5.14. The highest BCUT2D eigenvalue weighted by atomic mass is 32.1. The van der Waals surface area contributed by atoms with Gasteiger partial charge in [-0.25, -0.2) is 4.98 Å². The molecular formula is C25H36N4O4S. The molecule has 2 rings (SSSR count). The molecule has 0 radical (unpaired) electrons. The van der Waals surface area contributed by atoms with E-state index in [2.05, 4.69) is 22.5 Å². The Morgan fingerprint density at radius 2 is 1.82 bits per heavy atom. The smallest absolute Gasteiger partial charge is 0.254 e. The van der Waals surface area contributed by atoms with Gasteiger partial charge in [0.05, 0.1) is 19.2 Å². The van der Waals surface area contributed by atoms with Gasteiger partial charge in [0, 0.05) is 24.0 Å². The topological polar surface area (TPSA) is 101 Å². The average Bonchev–Trinajstić information content (AvgIpc) is 3.24. The zero-order chi connectivity index (χ0) is 24.9. The van der Waals surface area contributed by atoms with Crippen LogP contribution in [0.2, 0.25) is 0 Å². The molecule has 8 nitrogen and oxygen atoms in total. The quantitative estimate of drug-likeness (QED) is 0.390. The third-order valence-corrected chi connectivity index (χ3v) is 5.84. The maximum atomic E-state index is 13.0. The van der Waals surface area contributed by atoms with E-state index in [1.54, 1.807) is 36.8 Å². The number of nitrogens with one attached hydrogen (secondary N) is 2. The highest BCUT2D eigenvalue weighted by Gasteiger charge is 2.21. The van der Waals surface area contributed by atoms with Crippen molar-refractivity contribution in [2.45, 2.75) is 52.9 Å². The number of nitrogens with zero attached hydrogens (tertiary/aromatic N) is 2. The Balaban J connectivity index is 1.89. The Kier molecular flexibility index (Phi) is 11.5. The summed E-state index contributed by atoms with van der Waals surface area (Å²) >= 11 is 1.26. The van der Waals surface area contributed by atoms with E-state index in [0.29, 0.717) is 35.2 Å². The van der Waals surface area contributed by atoms with E-state index in [-0.39, 0.29) is 36.6 Å². The predicted octanol–water partition coefficient (Wildman–Crippen LogP) is 4.13. The molecular weight excluding hydrogens is 452 g/mol. The molecule has 34 heavy (non-hydrogen) atoms. The van der Waals surface area contributed by atoms with Crippen LogP contribution in [-0.2, 0) is 16.0 Å². The van der Waals surface area contributed by atoms with Gasteiger partial charge in [-0.05, 0) is 36.6 Å². The number of carbonyl (C=O) groups excluding carboxylic acids is 3. The molecule has 0 spiro atoms. The van der Waals surface area contributed by atoms with Gasteiger partial charge in [0.25, 0.3) is 5.91 Å². The first kappa shape index (κ1) is 27.3. The molecule has 186 valence electrons. The van der Waals surface area contributed by atoms with Crippen molar-refractivity contribution in [3.05, 3.63) is 40.9 Å². The number of ether oxygens (including phenoxy) is 1. The number of thiazole rings is 1. The van der Waals surface area contributed by atoms with Crippen molar-refractivity contribution in [2.24, 2.45) is 5.92 Å². The molecule has 0 saturated heterocycles. The molecule has 0 aliphatic carbocycles. The largest absolute Gasteiger partial charge is 0.497 e. The van der Waals surface area contributed by atoms with Gasteiger partial charge in [-0.3, -0.25) is 14.4 Å². The molecule has 0 bridgehead atoms. The molecule has 0 unspecified atom stereocenters. The van der Waals surface area contributed by atoms with Crippen LogP contribution >= 0.6 is 11.3 Å². The highest BCUT2D eigenvalue weighted by Crippen LogP contribution is 2.17. The molecule has 2 N–H and O–H groups in total. The van der Waals surface area contributed by atoms with E-state index in [4.69, 9.17) is 4.74 Å². The normalized spacial score (nSPS) is 10.7. The summed E-state index contributed by atoms with van der Waals surface area (Å²) in [5.74, 6) is 0.231. The summed E-state index contributed by atoms with van der Waals surface area (Å²) in [5, 5.41) is 7.84. The summed E-state index contributed by atoms with van der Waals surface area (Å²) in [4.78, 5) is 43.6. The zero-order valence-electron chi connectivity index (χ0n) is 20.6. The van der Waals surface area contributed by atoms with Crippen molar-refractivity contribution < 1.29 is 19.1 Å². The number of benzene rings is 1. The van der Waals surface area contributed by atoms with Crippen molar-refractivity contribution in [2.75, 3.05) is 32.1 Å². The molecule has 0 aliphatic heterocycles. The second-order valence-corrected chi connectivity index (χ2v) is 9.45. The minimum Gasteiger partial charge on any atom is -0.497 e. The van der Waals surface area contributed by atoms with Crippen molar-refractivity contribution in [3.8, 4) is 5.75 Å². The SMILES string of the molecule is CCCCCCNC(=O)Cc1csc(NC(=O)CN(CC(C)C)C(=O)c2ccc(OC)cc2)n1. The number of amides is 3. The van der Waals surface area contributed by atoms with Crippen LogP contribution in [0.15, 0.2) is 29.6 Å². The second kappa shape index (κ2) is 14.3. The maximum Gasteiger partial charge on any atom is 0.254 e. The van der Waals surface area contributed by atoms with Crippen LogP contribution in [0, 0.1) is 5.92 Å². The second-order valence-electron chi connectivity index (χ2n) is 8.59. The van der Waals surface area contributed by atoms with Crippen molar-refractivity contribution in [3.63, 3.8) is 0 Å². The minimum absolute atomic E-state index is 0.0760. The molecule has 2 aromatic rings. The van der Waals surface area contributed by atoms with Crippen molar-refractivity contribution in [1.82, 2.24) is 15.2 Å². The minimum atomic E-state index is -0.330. The molecule has 0 aliphatic rings. The first-order chi connectivity index (χ1) is 16.3. The van der Waals surface area contributed by atoms with E-state index in [0.717, 1.165) is 19.3 Å². The number of aromatic nitrogens is 1. The van der Waals surface area contributed by atoms with Crippen LogP contribution in [-0.4, -0.2) is 54.3 Å². The van der Waals surface area contributed by atoms with Crippen molar-refractivity contribution in [1.29, 1.82) is 0 Å². The molecule has 3 amide bonds. The maximum absolute atomic E-state index is 13.0. The van der Waals surface area contributed by atoms with Crippen LogP contribution in [0.3, 0.4) is 0 Å². The van der Waals surface area contributed by atoms with Crippen LogP contribution in [0.25, 0.3) is 0 Å². The van der Waals surface area contributed by atoms with Crippen LogP contribution in [0.4, 0.5) is 5.13 Å². The lowest BCUT2D eigenvalue weighted by molar-refractivity contribution is -0.120. The lowest BCUT2D eigenvalue weighted by Gasteiger charge is -2.24. The van der Waals surface area contributed by atoms with E-state index >= 15 is 0 Å². The predicted molar refractivity (Wildman–Crippen MR) is 135 cm³/mol. The molecule has 9 heteroatoms. The van der Waals surface area contributed by atoms with Crippen LogP contribution < -0.4 is 15.4 Å². The van der Waals surface area contributed by atoms with Crippen LogP contribution in [0.1, 0.15) is 62.5 Å². The third kappa shape index (κ3) is 9.51. The summed E-state index contributed by atoms with van der Waals surface area (Å²) in [6.45, 7) is 7.16. The lowest BCUT2D eigenvalue weighted by atomic mass is 10.1. The molecule has 1 aromatic carbocycles. The Bertz CT molecular complexity index is 927. The monoisotopic (exact) mass is 488 g/mol. The summed E-state index contributed by atoms with van der Waals surface area (Å²) in [6, 6.07) is 6.82. The fourth-order valence-electron chi connectivity index (χ4n) is 3.36. The van der Waals surface area contributed by atoms with E-state index in [9.17, 15) is 14.4 Å². The number of rotatable bonds is 14. The van der Waals surface area contributed by atoms with Gasteiger partial charge in [-0.2, -0.15) is 0 Å². The van der Waals surface area contributed by atoms with Gasteiger partial charge in [-0.15, -0.1) is 11.3 Å². The van der Waals surface area contributed by atoms with E-state index < -0.39 is 0 Å². The van der Waals surface area contributed by atoms with Gasteiger partial charge in [-0.1, -0.05) is 40.0 Å². The Labute approximate surface area is 206 Å². The van der Waals surface area contributed by atoms with Gasteiger partial charge in [0.1, 0.15) is 12.3 Å². The molecule has 0 atom stereocenters. The molecule has 0 fully saturated rings. The Morgan fingerprint density at radius 3 is 2.47 bits per heavy atom. The molecule has 1 heterocycles. The van der Waals surface area contributed by atoms with Crippen molar-refractivity contribution >= 4 is 34.2 Å². The number of anilines is 1. The Morgan fingerprint density at radius 1 is 1.09 bits per heavy atom. The summed E-state index contributed by atoms with van der Waals surface area (Å²) in [7, 11) is 1.57. The van der Waals surface area contributed by atoms with Gasteiger partial charge in [0.15, 0.2) is 5.13 Å². The number of hydrogen-bond donors (Lipinski definition) is 2. The number of carbonyl (C=O) groups is 3. The number of hydrogen-bond acceptors (Lipinski definition) is 6. The third-order valence-electron chi connectivity index (χ3n) is 5.04. The first-order valence-electron chi connectivity index (χ1n) is 11.8. The number of unbranched alkanes of at least 4 members (excludes halogenated alkanes) is 3. The fraction of sp³-hybridized carbons (Fsp3) is 0.520. The van der Waals surface area contributed by atoms with Gasteiger partial charge >= 0.3 is 0 Å². The van der Waals surface area contributed by atoms with E-state index in [1.165, 1.54) is 22.7 Å². The average molecular weight is 489 g/mol. The summed E-state index contributed by atoms with van der Waals surface area (Å²) in [6.07, 6.45) is 4.59. The zero-order valence-corrected chi connectivity index (χ0v) is 21.4. The highest BCUT2D eigenvalue weighted by molar-refractivity contribution is 7.13. The Hall–Kier alpha value is -2.94. The lowest BCUT2D eigenvalue weighted by Crippen LogP contribution is -2.40.